The number of anilines is 1. The quantitative estimate of drug-likeness (QED) is 0.228. The van der Waals surface area contributed by atoms with Crippen molar-refractivity contribution in [3.05, 3.63) is 24.3 Å². The highest BCUT2D eigenvalue weighted by molar-refractivity contribution is 6.22. The minimum atomic E-state index is -0.231. The van der Waals surface area contributed by atoms with E-state index in [0.29, 0.717) is 17.9 Å². The number of ether oxygens (including phenoxy) is 1. The molecule has 1 saturated heterocycles. The predicted molar refractivity (Wildman–Crippen MR) is 113 cm³/mol. The van der Waals surface area contributed by atoms with Crippen LogP contribution in [-0.2, 0) is 14.4 Å². The average molecular weight is 400 g/mol. The summed E-state index contributed by atoms with van der Waals surface area (Å²) in [5.74, 6) is -0.248. The van der Waals surface area contributed by atoms with E-state index < -0.39 is 0 Å². The van der Waals surface area contributed by atoms with E-state index in [2.05, 4.69) is 6.92 Å². The number of esters is 1. The average Bonchev–Trinajstić information content (AvgIpc) is 2.99. The van der Waals surface area contributed by atoms with Gasteiger partial charge in [0.15, 0.2) is 0 Å². The van der Waals surface area contributed by atoms with Crippen LogP contribution in [0.4, 0.5) is 5.69 Å². The lowest BCUT2D eigenvalue weighted by Gasteiger charge is -2.19. The Morgan fingerprint density at radius 3 is 2.03 bits per heavy atom. The second-order valence-electron chi connectivity index (χ2n) is 8.35. The SMILES string of the molecule is CCCCCCCCCC(=O)Oc1ccc(N2C(=O)[C@@H]3CCCC[C@H]3C2=O)cc1. The number of imide groups is 1. The second kappa shape index (κ2) is 10.6. The van der Waals surface area contributed by atoms with Crippen LogP contribution in [0, 0.1) is 11.8 Å². The van der Waals surface area contributed by atoms with Crippen LogP contribution in [0.25, 0.3) is 0 Å². The number of benzene rings is 1. The molecule has 1 aromatic rings. The molecule has 1 saturated carbocycles. The fraction of sp³-hybridized carbons (Fsp3) is 0.625. The molecule has 0 unspecified atom stereocenters. The van der Waals surface area contributed by atoms with E-state index in [1.807, 2.05) is 0 Å². The van der Waals surface area contributed by atoms with Crippen LogP contribution in [-0.4, -0.2) is 17.8 Å². The summed E-state index contributed by atoms with van der Waals surface area (Å²) in [4.78, 5) is 38.7. The van der Waals surface area contributed by atoms with Crippen molar-refractivity contribution in [3.8, 4) is 5.75 Å². The first kappa shape index (κ1) is 21.5. The van der Waals surface area contributed by atoms with E-state index >= 15 is 0 Å². The third-order valence-electron chi connectivity index (χ3n) is 6.15. The topological polar surface area (TPSA) is 63.7 Å². The van der Waals surface area contributed by atoms with Gasteiger partial charge in [-0.15, -0.1) is 0 Å². The maximum atomic E-state index is 12.7. The number of rotatable bonds is 10. The summed E-state index contributed by atoms with van der Waals surface area (Å²) in [6, 6.07) is 6.73. The van der Waals surface area contributed by atoms with Gasteiger partial charge in [0, 0.05) is 6.42 Å². The molecule has 1 aromatic carbocycles. The minimum absolute atomic E-state index is 0.0802. The molecule has 2 aliphatic rings. The highest BCUT2D eigenvalue weighted by Gasteiger charge is 2.48. The fourth-order valence-electron chi connectivity index (χ4n) is 4.49. The molecule has 29 heavy (non-hydrogen) atoms. The maximum Gasteiger partial charge on any atom is 0.311 e. The van der Waals surface area contributed by atoms with Crippen LogP contribution in [0.3, 0.4) is 0 Å². The molecule has 1 aliphatic carbocycles. The lowest BCUT2D eigenvalue weighted by Crippen LogP contribution is -2.30. The van der Waals surface area contributed by atoms with Gasteiger partial charge in [0.1, 0.15) is 5.75 Å². The van der Waals surface area contributed by atoms with Crippen LogP contribution in [0.5, 0.6) is 5.75 Å². The third-order valence-corrected chi connectivity index (χ3v) is 6.15. The first-order valence-electron chi connectivity index (χ1n) is 11.3. The number of fused-ring (bicyclic) bond motifs is 1. The van der Waals surface area contributed by atoms with Gasteiger partial charge in [0.05, 0.1) is 17.5 Å². The van der Waals surface area contributed by atoms with Crippen molar-refractivity contribution in [2.24, 2.45) is 11.8 Å². The molecule has 2 amide bonds. The molecular formula is C24H33NO4. The van der Waals surface area contributed by atoms with Gasteiger partial charge < -0.3 is 4.74 Å². The summed E-state index contributed by atoms with van der Waals surface area (Å²) in [5.41, 5.74) is 0.571. The predicted octanol–water partition coefficient (Wildman–Crippen LogP) is 5.41. The van der Waals surface area contributed by atoms with Crippen LogP contribution in [0.15, 0.2) is 24.3 Å². The molecule has 0 N–H and O–H groups in total. The largest absolute Gasteiger partial charge is 0.427 e. The molecule has 0 aromatic heterocycles. The molecule has 5 heteroatoms. The second-order valence-corrected chi connectivity index (χ2v) is 8.35. The van der Waals surface area contributed by atoms with Crippen molar-refractivity contribution in [2.45, 2.75) is 84.0 Å². The number of amides is 2. The van der Waals surface area contributed by atoms with Crippen molar-refractivity contribution in [1.82, 2.24) is 0 Å². The fourth-order valence-corrected chi connectivity index (χ4v) is 4.49. The van der Waals surface area contributed by atoms with Crippen molar-refractivity contribution in [3.63, 3.8) is 0 Å². The lowest BCUT2D eigenvalue weighted by molar-refractivity contribution is -0.134. The minimum Gasteiger partial charge on any atom is -0.427 e. The molecule has 158 valence electrons. The number of carbonyl (C=O) groups excluding carboxylic acids is 3. The Hall–Kier alpha value is -2.17. The van der Waals surface area contributed by atoms with Crippen molar-refractivity contribution >= 4 is 23.5 Å². The molecule has 2 fully saturated rings. The Bertz CT molecular complexity index is 688. The van der Waals surface area contributed by atoms with E-state index in [9.17, 15) is 14.4 Å². The third kappa shape index (κ3) is 5.46. The Morgan fingerprint density at radius 1 is 0.897 bits per heavy atom. The number of unbranched alkanes of at least 4 members (excludes halogenated alkanes) is 6. The van der Waals surface area contributed by atoms with Gasteiger partial charge in [-0.1, -0.05) is 58.3 Å². The van der Waals surface area contributed by atoms with Crippen molar-refractivity contribution < 1.29 is 19.1 Å². The number of carbonyl (C=O) groups is 3. The van der Waals surface area contributed by atoms with Gasteiger partial charge >= 0.3 is 5.97 Å². The summed E-state index contributed by atoms with van der Waals surface area (Å²) in [7, 11) is 0. The van der Waals surface area contributed by atoms with Crippen LogP contribution >= 0.6 is 0 Å². The first-order valence-corrected chi connectivity index (χ1v) is 11.3. The van der Waals surface area contributed by atoms with E-state index in [0.717, 1.165) is 38.5 Å². The normalized spacial score (nSPS) is 21.3. The molecule has 3 rings (SSSR count). The van der Waals surface area contributed by atoms with E-state index in [1.165, 1.54) is 37.0 Å². The molecular weight excluding hydrogens is 366 g/mol. The first-order chi connectivity index (χ1) is 14.1. The van der Waals surface area contributed by atoms with Gasteiger partial charge in [0.25, 0.3) is 0 Å². The molecule has 2 atom stereocenters. The van der Waals surface area contributed by atoms with Gasteiger partial charge in [-0.2, -0.15) is 0 Å². The maximum absolute atomic E-state index is 12.7. The van der Waals surface area contributed by atoms with Crippen LogP contribution in [0.2, 0.25) is 0 Å². The summed E-state index contributed by atoms with van der Waals surface area (Å²) in [5, 5.41) is 0. The Balaban J connectivity index is 1.46. The lowest BCUT2D eigenvalue weighted by atomic mass is 9.81. The zero-order valence-corrected chi connectivity index (χ0v) is 17.5. The van der Waals surface area contributed by atoms with Gasteiger partial charge in [-0.25, -0.2) is 0 Å². The highest BCUT2D eigenvalue weighted by atomic mass is 16.5. The highest BCUT2D eigenvalue weighted by Crippen LogP contribution is 2.40. The smallest absolute Gasteiger partial charge is 0.311 e. The standard InChI is InChI=1S/C24H33NO4/c1-2-3-4-5-6-7-8-13-22(26)29-19-16-14-18(15-17-19)25-23(27)20-11-9-10-12-21(20)24(25)28/h14-17,20-21H,2-13H2,1H3/t20-,21-/m1/s1. The zero-order chi connectivity index (χ0) is 20.6. The molecule has 1 aliphatic heterocycles. The zero-order valence-electron chi connectivity index (χ0n) is 17.5. The summed E-state index contributed by atoms with van der Waals surface area (Å²) in [6.07, 6.45) is 12.2. The van der Waals surface area contributed by atoms with E-state index in [1.54, 1.807) is 24.3 Å². The van der Waals surface area contributed by atoms with E-state index in [-0.39, 0.29) is 29.6 Å². The van der Waals surface area contributed by atoms with Crippen LogP contribution in [0.1, 0.15) is 84.0 Å². The Morgan fingerprint density at radius 2 is 1.45 bits per heavy atom. The van der Waals surface area contributed by atoms with E-state index in [4.69, 9.17) is 4.74 Å². The van der Waals surface area contributed by atoms with Gasteiger partial charge in [-0.05, 0) is 43.5 Å². The Kier molecular flexibility index (Phi) is 7.84. The molecule has 1 heterocycles. The van der Waals surface area contributed by atoms with Gasteiger partial charge in [-0.3, -0.25) is 19.3 Å². The summed E-state index contributed by atoms with van der Waals surface area (Å²) < 4.78 is 5.40. The summed E-state index contributed by atoms with van der Waals surface area (Å²) in [6.45, 7) is 2.20. The van der Waals surface area contributed by atoms with Crippen LogP contribution < -0.4 is 9.64 Å². The molecule has 0 bridgehead atoms. The van der Waals surface area contributed by atoms with Crippen molar-refractivity contribution in [2.75, 3.05) is 4.90 Å². The monoisotopic (exact) mass is 399 g/mol. The number of nitrogens with zero attached hydrogens (tertiary/aromatic N) is 1. The molecule has 0 spiro atoms. The Labute approximate surface area is 173 Å². The van der Waals surface area contributed by atoms with Gasteiger partial charge in [0.2, 0.25) is 11.8 Å². The summed E-state index contributed by atoms with van der Waals surface area (Å²) >= 11 is 0. The van der Waals surface area contributed by atoms with Crippen molar-refractivity contribution in [1.29, 1.82) is 0 Å². The molecule has 0 radical (unpaired) electrons. The number of hydrogen-bond donors (Lipinski definition) is 0. The number of hydrogen-bond acceptors (Lipinski definition) is 4. The molecule has 5 nitrogen and oxygen atoms in total.